The minimum atomic E-state index is 0.353. The maximum Gasteiger partial charge on any atom is 0.247 e. The molecule has 106 valence electrons. The number of morpholine rings is 1. The highest BCUT2D eigenvalue weighted by Gasteiger charge is 2.18. The summed E-state index contributed by atoms with van der Waals surface area (Å²) in [5.41, 5.74) is 7.78. The van der Waals surface area contributed by atoms with Crippen LogP contribution < -0.4 is 10.6 Å². The van der Waals surface area contributed by atoms with E-state index in [1.54, 1.807) is 4.68 Å². The van der Waals surface area contributed by atoms with Crippen molar-refractivity contribution >= 4 is 23.5 Å². The van der Waals surface area contributed by atoms with Gasteiger partial charge in [0.25, 0.3) is 0 Å². The molecule has 0 unspecified atom stereocenters. The highest BCUT2D eigenvalue weighted by Crippen LogP contribution is 2.22. The second kappa shape index (κ2) is 5.30. The highest BCUT2D eigenvalue weighted by atomic mass is 35.5. The van der Waals surface area contributed by atoms with Gasteiger partial charge in [0.05, 0.1) is 18.9 Å². The molecule has 0 bridgehead atoms. The molecule has 1 aliphatic rings. The van der Waals surface area contributed by atoms with E-state index in [0.717, 1.165) is 24.3 Å². The Hall–Kier alpha value is -1.79. The second-order valence-corrected chi connectivity index (χ2v) is 5.12. The first-order chi connectivity index (χ1) is 9.65. The van der Waals surface area contributed by atoms with Crippen LogP contribution >= 0.6 is 11.6 Å². The fourth-order valence-corrected chi connectivity index (χ4v) is 2.29. The normalized spacial score (nSPS) is 15.6. The van der Waals surface area contributed by atoms with Gasteiger partial charge in [-0.05, 0) is 24.6 Å². The summed E-state index contributed by atoms with van der Waals surface area (Å²) in [6.45, 7) is 4.88. The lowest BCUT2D eigenvalue weighted by Gasteiger charge is -2.25. The predicted octanol–water partition coefficient (Wildman–Crippen LogP) is 1.65. The van der Waals surface area contributed by atoms with E-state index in [-0.39, 0.29) is 0 Å². The largest absolute Gasteiger partial charge is 0.378 e. The summed E-state index contributed by atoms with van der Waals surface area (Å²) in [6, 6.07) is 5.70. The van der Waals surface area contributed by atoms with Crippen molar-refractivity contribution in [3.63, 3.8) is 0 Å². The summed E-state index contributed by atoms with van der Waals surface area (Å²) >= 11 is 6.14. The van der Waals surface area contributed by atoms with Gasteiger partial charge in [-0.3, -0.25) is 0 Å². The number of hydrogen-bond acceptors (Lipinski definition) is 5. The first-order valence-corrected chi connectivity index (χ1v) is 6.85. The van der Waals surface area contributed by atoms with Crippen molar-refractivity contribution < 1.29 is 4.74 Å². The molecule has 3 rings (SSSR count). The summed E-state index contributed by atoms with van der Waals surface area (Å²) in [4.78, 5) is 6.38. The number of hydrogen-bond donors (Lipinski definition) is 1. The predicted molar refractivity (Wildman–Crippen MR) is 78.6 cm³/mol. The molecule has 0 amide bonds. The minimum Gasteiger partial charge on any atom is -0.378 e. The number of nitrogens with zero attached hydrogens (tertiary/aromatic N) is 4. The van der Waals surface area contributed by atoms with Gasteiger partial charge in [0.1, 0.15) is 0 Å². The summed E-state index contributed by atoms with van der Waals surface area (Å²) in [7, 11) is 0. The van der Waals surface area contributed by atoms with Gasteiger partial charge >= 0.3 is 0 Å². The molecule has 1 saturated heterocycles. The molecule has 2 heterocycles. The Bertz CT molecular complexity index is 621. The zero-order valence-corrected chi connectivity index (χ0v) is 12.0. The van der Waals surface area contributed by atoms with Crippen LogP contribution in [0.25, 0.3) is 5.69 Å². The van der Waals surface area contributed by atoms with Crippen LogP contribution in [0.4, 0.5) is 11.9 Å². The van der Waals surface area contributed by atoms with E-state index in [9.17, 15) is 0 Å². The molecule has 1 aromatic heterocycles. The molecular formula is C13H16ClN5O. The van der Waals surface area contributed by atoms with Crippen LogP contribution in [0.15, 0.2) is 18.2 Å². The molecule has 6 nitrogen and oxygen atoms in total. The minimum absolute atomic E-state index is 0.353. The number of nitrogens with two attached hydrogens (primary N) is 1. The number of halogens is 1. The average Bonchev–Trinajstić information content (AvgIpc) is 2.85. The Morgan fingerprint density at radius 2 is 2.05 bits per heavy atom. The third-order valence-corrected chi connectivity index (χ3v) is 3.72. The fraction of sp³-hybridized carbons (Fsp3) is 0.385. The Morgan fingerprint density at radius 3 is 2.75 bits per heavy atom. The molecule has 7 heteroatoms. The average molecular weight is 294 g/mol. The van der Waals surface area contributed by atoms with Crippen LogP contribution in [0.5, 0.6) is 0 Å². The first-order valence-electron chi connectivity index (χ1n) is 6.47. The van der Waals surface area contributed by atoms with Crippen molar-refractivity contribution in [3.05, 3.63) is 28.8 Å². The van der Waals surface area contributed by atoms with Crippen molar-refractivity contribution in [2.45, 2.75) is 6.92 Å². The van der Waals surface area contributed by atoms with E-state index in [1.807, 2.05) is 25.1 Å². The van der Waals surface area contributed by atoms with Gasteiger partial charge in [-0.1, -0.05) is 17.7 Å². The number of benzene rings is 1. The summed E-state index contributed by atoms with van der Waals surface area (Å²) < 4.78 is 6.93. The van der Waals surface area contributed by atoms with Crippen molar-refractivity contribution in [1.29, 1.82) is 0 Å². The number of nitrogen functional groups attached to an aromatic ring is 1. The number of aromatic nitrogens is 3. The topological polar surface area (TPSA) is 69.2 Å². The zero-order valence-electron chi connectivity index (χ0n) is 11.2. The van der Waals surface area contributed by atoms with Gasteiger partial charge in [-0.2, -0.15) is 9.67 Å². The highest BCUT2D eigenvalue weighted by molar-refractivity contribution is 6.31. The summed E-state index contributed by atoms with van der Waals surface area (Å²) in [6.07, 6.45) is 0. The van der Waals surface area contributed by atoms with Crippen molar-refractivity contribution in [2.75, 3.05) is 36.9 Å². The van der Waals surface area contributed by atoms with Crippen LogP contribution in [0, 0.1) is 6.92 Å². The standard InChI is InChI=1S/C13H16ClN5O/c1-9-2-3-10(8-11(9)14)19-12(15)16-13(17-19)18-4-6-20-7-5-18/h2-3,8H,4-7H2,1H3,(H2,15,16,17). The zero-order chi connectivity index (χ0) is 14.1. The number of anilines is 2. The number of aryl methyl sites for hydroxylation is 1. The van der Waals surface area contributed by atoms with Gasteiger partial charge < -0.3 is 15.4 Å². The molecule has 1 aromatic carbocycles. The van der Waals surface area contributed by atoms with E-state index in [1.165, 1.54) is 0 Å². The Morgan fingerprint density at radius 1 is 1.30 bits per heavy atom. The first kappa shape index (κ1) is 13.2. The lowest BCUT2D eigenvalue weighted by molar-refractivity contribution is 0.122. The summed E-state index contributed by atoms with van der Waals surface area (Å²) in [5, 5.41) is 5.15. The smallest absolute Gasteiger partial charge is 0.247 e. The van der Waals surface area contributed by atoms with Crippen LogP contribution in [0.1, 0.15) is 5.56 Å². The van der Waals surface area contributed by atoms with Crippen molar-refractivity contribution in [3.8, 4) is 5.69 Å². The maximum atomic E-state index is 6.14. The maximum absolute atomic E-state index is 6.14. The van der Waals surface area contributed by atoms with E-state index >= 15 is 0 Å². The summed E-state index contributed by atoms with van der Waals surface area (Å²) in [5.74, 6) is 0.980. The van der Waals surface area contributed by atoms with Gasteiger partial charge in [0.15, 0.2) is 0 Å². The monoisotopic (exact) mass is 293 g/mol. The third kappa shape index (κ3) is 2.44. The Balaban J connectivity index is 1.93. The fourth-order valence-electron chi connectivity index (χ4n) is 2.11. The quantitative estimate of drug-likeness (QED) is 0.912. The van der Waals surface area contributed by atoms with E-state index in [4.69, 9.17) is 22.1 Å². The molecule has 20 heavy (non-hydrogen) atoms. The van der Waals surface area contributed by atoms with Crippen LogP contribution in [-0.4, -0.2) is 41.1 Å². The molecule has 0 aliphatic carbocycles. The molecule has 2 aromatic rings. The van der Waals surface area contributed by atoms with Crippen LogP contribution in [0.2, 0.25) is 5.02 Å². The van der Waals surface area contributed by atoms with Gasteiger partial charge in [0.2, 0.25) is 11.9 Å². The van der Waals surface area contributed by atoms with E-state index < -0.39 is 0 Å². The van der Waals surface area contributed by atoms with Crippen molar-refractivity contribution in [1.82, 2.24) is 14.8 Å². The molecule has 0 saturated carbocycles. The molecule has 1 aliphatic heterocycles. The molecule has 2 N–H and O–H groups in total. The van der Waals surface area contributed by atoms with Gasteiger partial charge in [-0.15, -0.1) is 5.10 Å². The third-order valence-electron chi connectivity index (χ3n) is 3.31. The van der Waals surface area contributed by atoms with Crippen LogP contribution in [0.3, 0.4) is 0 Å². The van der Waals surface area contributed by atoms with Crippen molar-refractivity contribution in [2.24, 2.45) is 0 Å². The second-order valence-electron chi connectivity index (χ2n) is 4.71. The molecule has 1 fully saturated rings. The molecule has 0 spiro atoms. The van der Waals surface area contributed by atoms with E-state index in [0.29, 0.717) is 30.1 Å². The lowest BCUT2D eigenvalue weighted by atomic mass is 10.2. The Labute approximate surface area is 122 Å². The number of rotatable bonds is 2. The Kier molecular flexibility index (Phi) is 3.50. The van der Waals surface area contributed by atoms with Gasteiger partial charge in [0, 0.05) is 18.1 Å². The van der Waals surface area contributed by atoms with E-state index in [2.05, 4.69) is 15.0 Å². The lowest BCUT2D eigenvalue weighted by Crippen LogP contribution is -2.37. The SMILES string of the molecule is Cc1ccc(-n2nc(N3CCOCC3)nc2N)cc1Cl. The molecule has 0 radical (unpaired) electrons. The van der Waals surface area contributed by atoms with Gasteiger partial charge in [-0.25, -0.2) is 0 Å². The number of ether oxygens (including phenoxy) is 1. The molecule has 0 atom stereocenters. The van der Waals surface area contributed by atoms with Crippen LogP contribution in [-0.2, 0) is 4.74 Å². The molecular weight excluding hydrogens is 278 g/mol.